The van der Waals surface area contributed by atoms with Crippen molar-refractivity contribution in [3.63, 3.8) is 0 Å². The van der Waals surface area contributed by atoms with Gasteiger partial charge in [-0.05, 0) is 67.6 Å². The van der Waals surface area contributed by atoms with E-state index >= 15 is 0 Å². The summed E-state index contributed by atoms with van der Waals surface area (Å²) in [5, 5.41) is 27.3. The molecule has 0 radical (unpaired) electrons. The maximum atomic E-state index is 13.7. The molecule has 54 heavy (non-hydrogen) atoms. The average molecular weight is 762 g/mol. The number of aryl methyl sites for hydroxylation is 1. The maximum Gasteiger partial charge on any atom is 0.351 e. The van der Waals surface area contributed by atoms with Gasteiger partial charge in [-0.2, -0.15) is 13.8 Å². The number of nitrogens with two attached hydrogens (primary N) is 1. The molecule has 2 aromatic carbocycles. The average Bonchev–Trinajstić information content (AvgIpc) is 3.72. The minimum Gasteiger partial charge on any atom is -0.394 e. The molecule has 0 aliphatic carbocycles. The first-order chi connectivity index (χ1) is 25.9. The van der Waals surface area contributed by atoms with E-state index in [1.165, 1.54) is 16.9 Å². The van der Waals surface area contributed by atoms with Crippen LogP contribution in [0, 0.1) is 6.92 Å². The lowest BCUT2D eigenvalue weighted by atomic mass is 10.1. The van der Waals surface area contributed by atoms with E-state index in [2.05, 4.69) is 54.6 Å². The van der Waals surface area contributed by atoms with Gasteiger partial charge in [-0.25, -0.2) is 9.78 Å². The van der Waals surface area contributed by atoms with Gasteiger partial charge in [0.15, 0.2) is 11.2 Å². The fourth-order valence-corrected chi connectivity index (χ4v) is 6.61. The Kier molecular flexibility index (Phi) is 12.1. The Bertz CT molecular complexity index is 2090. The van der Waals surface area contributed by atoms with Crippen LogP contribution in [0.1, 0.15) is 27.7 Å². The van der Waals surface area contributed by atoms with Crippen LogP contribution in [-0.2, 0) is 11.3 Å². The SMILES string of the molecule is Cc1ccc(NC(=O)c2ccc(CN3CCN(C)CC3)cc2)cc1Nc1nc(-c2cccnc2)cs1.Nc1ccn([C@@H]2O[C@H](CO)[C@@H](O)C2(F)F)c(=O)n1. The Morgan fingerprint density at radius 1 is 1.09 bits per heavy atom. The summed E-state index contributed by atoms with van der Waals surface area (Å²) in [6.45, 7) is 6.52. The number of amides is 1. The van der Waals surface area contributed by atoms with E-state index in [4.69, 9.17) is 15.6 Å². The number of aliphatic hydroxyl groups excluding tert-OH is 2. The molecule has 2 fully saturated rings. The molecule has 2 aliphatic heterocycles. The molecule has 5 aromatic rings. The van der Waals surface area contributed by atoms with Gasteiger partial charge in [0.1, 0.15) is 11.9 Å². The van der Waals surface area contributed by atoms with Gasteiger partial charge in [0.2, 0.25) is 6.23 Å². The molecule has 0 unspecified atom stereocenters. The first kappa shape index (κ1) is 38.6. The number of aliphatic hydroxyl groups is 2. The van der Waals surface area contributed by atoms with Crippen molar-refractivity contribution in [1.29, 1.82) is 0 Å². The normalized spacial score (nSPS) is 19.9. The predicted molar refractivity (Wildman–Crippen MR) is 202 cm³/mol. The number of nitrogen functional groups attached to an aromatic ring is 1. The van der Waals surface area contributed by atoms with Crippen LogP contribution < -0.4 is 22.1 Å². The van der Waals surface area contributed by atoms with Gasteiger partial charge < -0.3 is 36.2 Å². The molecule has 17 heteroatoms. The molecule has 2 aliphatic rings. The summed E-state index contributed by atoms with van der Waals surface area (Å²) < 4.78 is 32.7. The maximum absolute atomic E-state index is 13.7. The highest BCUT2D eigenvalue weighted by Gasteiger charge is 2.59. The lowest BCUT2D eigenvalue weighted by Crippen LogP contribution is -2.43. The van der Waals surface area contributed by atoms with Gasteiger partial charge in [0, 0.05) is 79.2 Å². The van der Waals surface area contributed by atoms with Gasteiger partial charge in [-0.15, -0.1) is 11.3 Å². The van der Waals surface area contributed by atoms with E-state index in [1.807, 2.05) is 54.8 Å². The molecule has 7 rings (SSSR count). The lowest BCUT2D eigenvalue weighted by Gasteiger charge is -2.32. The number of anilines is 4. The van der Waals surface area contributed by atoms with Crippen molar-refractivity contribution in [1.82, 2.24) is 29.3 Å². The molecule has 14 nitrogen and oxygen atoms in total. The second kappa shape index (κ2) is 16.9. The zero-order valence-corrected chi connectivity index (χ0v) is 30.4. The largest absolute Gasteiger partial charge is 0.394 e. The van der Waals surface area contributed by atoms with Crippen molar-refractivity contribution in [2.45, 2.75) is 37.8 Å². The number of carbonyl (C=O) groups excluding carboxylic acids is 1. The van der Waals surface area contributed by atoms with E-state index in [0.29, 0.717) is 10.1 Å². The number of hydrogen-bond acceptors (Lipinski definition) is 13. The number of thiazole rings is 1. The van der Waals surface area contributed by atoms with Crippen molar-refractivity contribution < 1.29 is 28.5 Å². The minimum absolute atomic E-state index is 0.114. The topological polar surface area (TPSA) is 184 Å². The third kappa shape index (κ3) is 9.12. The molecular weight excluding hydrogens is 721 g/mol. The lowest BCUT2D eigenvalue weighted by molar-refractivity contribution is -0.140. The van der Waals surface area contributed by atoms with E-state index in [1.54, 1.807) is 12.4 Å². The fourth-order valence-electron chi connectivity index (χ4n) is 5.88. The summed E-state index contributed by atoms with van der Waals surface area (Å²) in [5.41, 5.74) is 10.7. The summed E-state index contributed by atoms with van der Waals surface area (Å²) in [7, 11) is 2.16. The Labute approximate surface area is 313 Å². The van der Waals surface area contributed by atoms with Crippen molar-refractivity contribution >= 4 is 39.6 Å². The van der Waals surface area contributed by atoms with Crippen molar-refractivity contribution in [3.8, 4) is 11.3 Å². The molecule has 1 amide bonds. The Hall–Kier alpha value is -5.17. The molecule has 6 N–H and O–H groups in total. The van der Waals surface area contributed by atoms with Crippen molar-refractivity contribution in [3.05, 3.63) is 112 Å². The highest BCUT2D eigenvalue weighted by molar-refractivity contribution is 7.14. The van der Waals surface area contributed by atoms with Crippen LogP contribution in [-0.4, -0.2) is 103 Å². The number of hydrogen-bond donors (Lipinski definition) is 5. The second-order valence-corrected chi connectivity index (χ2v) is 13.9. The van der Waals surface area contributed by atoms with Gasteiger partial charge >= 0.3 is 11.6 Å². The number of benzene rings is 2. The molecule has 284 valence electrons. The van der Waals surface area contributed by atoms with Crippen LogP contribution in [0.25, 0.3) is 11.3 Å². The van der Waals surface area contributed by atoms with Crippen LogP contribution in [0.4, 0.5) is 31.1 Å². The summed E-state index contributed by atoms with van der Waals surface area (Å²) in [4.78, 5) is 41.3. The zero-order valence-electron chi connectivity index (χ0n) is 29.6. The molecule has 0 spiro atoms. The number of carbonyl (C=O) groups is 1. The minimum atomic E-state index is -3.71. The van der Waals surface area contributed by atoms with Crippen LogP contribution >= 0.6 is 11.3 Å². The number of pyridine rings is 1. The number of alkyl halides is 2. The molecular formula is C37H41F2N9O5S. The monoisotopic (exact) mass is 761 g/mol. The van der Waals surface area contributed by atoms with Gasteiger partial charge in [0.25, 0.3) is 5.91 Å². The second-order valence-electron chi connectivity index (χ2n) is 13.0. The molecule has 5 heterocycles. The number of piperazine rings is 1. The number of ether oxygens (including phenoxy) is 1. The number of halogens is 2. The first-order valence-electron chi connectivity index (χ1n) is 17.1. The zero-order chi connectivity index (χ0) is 38.4. The summed E-state index contributed by atoms with van der Waals surface area (Å²) in [6.07, 6.45) is -1.13. The van der Waals surface area contributed by atoms with Crippen molar-refractivity contribution in [2.24, 2.45) is 0 Å². The third-order valence-electron chi connectivity index (χ3n) is 9.08. The van der Waals surface area contributed by atoms with Crippen LogP contribution in [0.5, 0.6) is 0 Å². The number of aromatic nitrogens is 4. The van der Waals surface area contributed by atoms with E-state index in [-0.39, 0.29) is 11.7 Å². The Balaban J connectivity index is 0.000000232. The Morgan fingerprint density at radius 2 is 1.85 bits per heavy atom. The standard InChI is InChI=1S/C28H30N6OS.C9H11F2N3O4/c1-20-5-10-24(16-25(20)31-28-32-26(19-36-28)23-4-3-11-29-17-23)30-27(35)22-8-6-21(7-9-22)18-34-14-12-33(2)13-15-34;10-9(11)6(16)4(3-15)18-7(9)14-2-1-5(12)13-8(14)17/h3-11,16-17,19H,12-15,18H2,1-2H3,(H,30,35)(H,31,32);1-2,4,6-7,15-16H,3H2,(H2,12,13,17)/t;4-,6-,7-/m.1/s1. The number of nitrogens with zero attached hydrogens (tertiary/aromatic N) is 6. The third-order valence-corrected chi connectivity index (χ3v) is 9.84. The van der Waals surface area contributed by atoms with Crippen LogP contribution in [0.3, 0.4) is 0 Å². The molecule has 0 bridgehead atoms. The smallest absolute Gasteiger partial charge is 0.351 e. The quantitative estimate of drug-likeness (QED) is 0.146. The van der Waals surface area contributed by atoms with E-state index in [0.717, 1.165) is 78.3 Å². The molecule has 3 aromatic heterocycles. The fraction of sp³-hybridized carbons (Fsp3) is 0.324. The molecule has 0 saturated carbocycles. The van der Waals surface area contributed by atoms with Crippen LogP contribution in [0.2, 0.25) is 0 Å². The predicted octanol–water partition coefficient (Wildman–Crippen LogP) is 3.97. The highest BCUT2D eigenvalue weighted by atomic mass is 32.1. The number of nitrogens with one attached hydrogen (secondary N) is 2. The summed E-state index contributed by atoms with van der Waals surface area (Å²) in [5.74, 6) is -3.95. The molecule has 3 atom stereocenters. The Morgan fingerprint density at radius 3 is 2.52 bits per heavy atom. The van der Waals surface area contributed by atoms with Gasteiger partial charge in [-0.1, -0.05) is 18.2 Å². The summed E-state index contributed by atoms with van der Waals surface area (Å²) in [6, 6.07) is 18.8. The van der Waals surface area contributed by atoms with Gasteiger partial charge in [0.05, 0.1) is 12.3 Å². The van der Waals surface area contributed by atoms with Gasteiger partial charge in [-0.3, -0.25) is 19.2 Å². The summed E-state index contributed by atoms with van der Waals surface area (Å²) >= 11 is 1.54. The number of likely N-dealkylation sites (N-methyl/N-ethyl adjacent to an activating group) is 1. The molecule has 2 saturated heterocycles. The number of rotatable bonds is 9. The van der Waals surface area contributed by atoms with E-state index < -0.39 is 36.7 Å². The van der Waals surface area contributed by atoms with Crippen molar-refractivity contribution in [2.75, 3.05) is 56.2 Å². The first-order valence-corrected chi connectivity index (χ1v) is 18.0. The van der Waals surface area contributed by atoms with Crippen LogP contribution in [0.15, 0.2) is 89.4 Å². The highest BCUT2D eigenvalue weighted by Crippen LogP contribution is 2.42. The van der Waals surface area contributed by atoms with E-state index in [9.17, 15) is 23.5 Å².